The molecular weight excluding hydrogens is 293 g/mol. The van der Waals surface area contributed by atoms with Crippen LogP contribution in [0.5, 0.6) is 0 Å². The van der Waals surface area contributed by atoms with Gasteiger partial charge in [0.1, 0.15) is 0 Å². The molecule has 0 aliphatic heterocycles. The molecule has 0 saturated carbocycles. The first-order valence-electron chi connectivity index (χ1n) is 3.35. The van der Waals surface area contributed by atoms with Crippen LogP contribution < -0.4 is 0 Å². The van der Waals surface area contributed by atoms with Crippen molar-refractivity contribution >= 4 is 45.1 Å². The molecule has 0 aliphatic carbocycles. The molecule has 0 rings (SSSR count). The maximum atomic E-state index is 12.9. The van der Waals surface area contributed by atoms with Crippen LogP contribution in [-0.2, 0) is 9.53 Å². The van der Waals surface area contributed by atoms with Crippen molar-refractivity contribution in [1.82, 2.24) is 0 Å². The van der Waals surface area contributed by atoms with Crippen molar-refractivity contribution < 1.29 is 18.3 Å². The molecular formula is C6H7BrCl2F2O2. The van der Waals surface area contributed by atoms with Crippen molar-refractivity contribution in [2.45, 2.75) is 22.5 Å². The number of alkyl halides is 5. The van der Waals surface area contributed by atoms with Crippen LogP contribution in [0.25, 0.3) is 0 Å². The Labute approximate surface area is 92.6 Å². The topological polar surface area (TPSA) is 26.3 Å². The van der Waals surface area contributed by atoms with Gasteiger partial charge in [-0.2, -0.15) is 8.78 Å². The van der Waals surface area contributed by atoms with Gasteiger partial charge < -0.3 is 4.74 Å². The zero-order chi connectivity index (χ0) is 10.7. The third-order valence-electron chi connectivity index (χ3n) is 1.05. The molecule has 78 valence electrons. The summed E-state index contributed by atoms with van der Waals surface area (Å²) in [6, 6.07) is 0. The molecule has 0 aromatic rings. The first kappa shape index (κ1) is 13.4. The zero-order valence-electron chi connectivity index (χ0n) is 6.62. The highest BCUT2D eigenvalue weighted by Gasteiger charge is 2.57. The molecule has 0 radical (unpaired) electrons. The maximum absolute atomic E-state index is 12.9. The number of esters is 1. The lowest BCUT2D eigenvalue weighted by atomic mass is 10.4. The van der Waals surface area contributed by atoms with Gasteiger partial charge >= 0.3 is 11.9 Å². The van der Waals surface area contributed by atoms with E-state index in [1.807, 2.05) is 0 Å². The zero-order valence-corrected chi connectivity index (χ0v) is 9.72. The average Bonchev–Trinajstić information content (AvgIpc) is 1.97. The molecule has 0 bridgehead atoms. The van der Waals surface area contributed by atoms with Crippen LogP contribution in [0.1, 0.15) is 13.3 Å². The molecule has 0 aromatic carbocycles. The highest BCUT2D eigenvalue weighted by atomic mass is 79.9. The van der Waals surface area contributed by atoms with Gasteiger partial charge in [-0.05, 0) is 22.4 Å². The second kappa shape index (κ2) is 4.75. The van der Waals surface area contributed by atoms with Gasteiger partial charge in [-0.1, -0.05) is 30.1 Å². The second-order valence-corrected chi connectivity index (χ2v) is 5.64. The van der Waals surface area contributed by atoms with Crippen LogP contribution in [0.4, 0.5) is 8.78 Å². The van der Waals surface area contributed by atoms with Crippen LogP contribution >= 0.6 is 39.1 Å². The predicted octanol–water partition coefficient (Wildman–Crippen LogP) is 3.10. The molecule has 0 amide bonds. The highest BCUT2D eigenvalue weighted by molar-refractivity contribution is 9.11. The third-order valence-corrected chi connectivity index (χ3v) is 2.02. The minimum Gasteiger partial charge on any atom is -0.461 e. The van der Waals surface area contributed by atoms with E-state index in [4.69, 9.17) is 23.2 Å². The van der Waals surface area contributed by atoms with Crippen molar-refractivity contribution in [3.05, 3.63) is 0 Å². The fraction of sp³-hybridized carbons (Fsp3) is 0.833. The molecule has 2 nitrogen and oxygen atoms in total. The molecule has 0 spiro atoms. The minimum absolute atomic E-state index is 0.0920. The average molecular weight is 300 g/mol. The first-order valence-corrected chi connectivity index (χ1v) is 4.90. The number of ether oxygens (including phenoxy) is 1. The Balaban J connectivity index is 4.37. The second-order valence-electron chi connectivity index (χ2n) is 2.21. The summed E-state index contributed by atoms with van der Waals surface area (Å²) in [5, 5.41) is 0. The molecule has 7 heteroatoms. The Bertz CT molecular complexity index is 194. The molecule has 0 atom stereocenters. The van der Waals surface area contributed by atoms with Gasteiger partial charge in [0, 0.05) is 0 Å². The van der Waals surface area contributed by atoms with E-state index in [1.165, 1.54) is 0 Å². The van der Waals surface area contributed by atoms with Crippen LogP contribution in [0.2, 0.25) is 0 Å². The van der Waals surface area contributed by atoms with E-state index in [-0.39, 0.29) is 6.61 Å². The smallest absolute Gasteiger partial charge is 0.384 e. The minimum atomic E-state index is -3.97. The lowest BCUT2D eigenvalue weighted by Crippen LogP contribution is -2.42. The van der Waals surface area contributed by atoms with Gasteiger partial charge in [0.2, 0.25) is 3.24 Å². The van der Waals surface area contributed by atoms with Gasteiger partial charge in [-0.15, -0.1) is 0 Å². The summed E-state index contributed by atoms with van der Waals surface area (Å²) in [6.45, 7) is 1.58. The summed E-state index contributed by atoms with van der Waals surface area (Å²) in [7, 11) is 0. The highest BCUT2D eigenvalue weighted by Crippen LogP contribution is 2.44. The first-order chi connectivity index (χ1) is 5.73. The van der Waals surface area contributed by atoms with Gasteiger partial charge in [-0.25, -0.2) is 4.79 Å². The Morgan fingerprint density at radius 3 is 2.31 bits per heavy atom. The molecule has 0 aliphatic rings. The van der Waals surface area contributed by atoms with Crippen LogP contribution in [0.3, 0.4) is 0 Å². The van der Waals surface area contributed by atoms with E-state index >= 15 is 0 Å². The molecule has 0 fully saturated rings. The molecule has 0 saturated heterocycles. The number of halogens is 5. The third kappa shape index (κ3) is 3.56. The van der Waals surface area contributed by atoms with E-state index < -0.39 is 15.1 Å². The molecule has 0 heterocycles. The summed E-state index contributed by atoms with van der Waals surface area (Å²) >= 11 is 12.3. The van der Waals surface area contributed by atoms with Crippen molar-refractivity contribution in [3.63, 3.8) is 0 Å². The van der Waals surface area contributed by atoms with Gasteiger partial charge in [0.05, 0.1) is 6.61 Å². The standard InChI is InChI=1S/C6H7BrCl2F2O2/c1-2-3-13-4(12)5(10,11)6(7,8)9/h2-3H2,1H3. The van der Waals surface area contributed by atoms with E-state index in [0.717, 1.165) is 0 Å². The van der Waals surface area contributed by atoms with Crippen molar-refractivity contribution in [2.24, 2.45) is 0 Å². The lowest BCUT2D eigenvalue weighted by molar-refractivity contribution is -0.170. The largest absolute Gasteiger partial charge is 0.461 e. The summed E-state index contributed by atoms with van der Waals surface area (Å²) in [6.07, 6.45) is 0.446. The molecule has 0 N–H and O–H groups in total. The number of hydrogen-bond acceptors (Lipinski definition) is 2. The summed E-state index contributed by atoms with van der Waals surface area (Å²) in [5.41, 5.74) is 0. The van der Waals surface area contributed by atoms with Crippen LogP contribution in [0, 0.1) is 0 Å². The molecule has 0 unspecified atom stereocenters. The van der Waals surface area contributed by atoms with E-state index in [2.05, 4.69) is 20.7 Å². The van der Waals surface area contributed by atoms with E-state index in [1.54, 1.807) is 6.92 Å². The summed E-state index contributed by atoms with van der Waals surface area (Å²) in [4.78, 5) is 10.7. The normalized spacial score (nSPS) is 12.8. The lowest BCUT2D eigenvalue weighted by Gasteiger charge is -2.21. The Morgan fingerprint density at radius 1 is 1.54 bits per heavy atom. The Hall–Kier alpha value is 0.390. The monoisotopic (exact) mass is 298 g/mol. The SMILES string of the molecule is CCCOC(=O)C(F)(F)C(Cl)(Cl)Br. The van der Waals surface area contributed by atoms with Crippen molar-refractivity contribution in [3.8, 4) is 0 Å². The van der Waals surface area contributed by atoms with Crippen molar-refractivity contribution in [2.75, 3.05) is 6.61 Å². The fourth-order valence-corrected chi connectivity index (χ4v) is 0.717. The van der Waals surface area contributed by atoms with Crippen LogP contribution in [0.15, 0.2) is 0 Å². The van der Waals surface area contributed by atoms with E-state index in [0.29, 0.717) is 6.42 Å². The van der Waals surface area contributed by atoms with Gasteiger partial charge in [0.15, 0.2) is 0 Å². The maximum Gasteiger partial charge on any atom is 0.384 e. The fourth-order valence-electron chi connectivity index (χ4n) is 0.401. The van der Waals surface area contributed by atoms with Crippen LogP contribution in [-0.4, -0.2) is 21.7 Å². The Morgan fingerprint density at radius 2 is 2.00 bits per heavy atom. The summed E-state index contributed by atoms with van der Waals surface area (Å²) in [5.74, 6) is -5.71. The molecule has 0 aromatic heterocycles. The molecule has 13 heavy (non-hydrogen) atoms. The number of hydrogen-bond donors (Lipinski definition) is 0. The summed E-state index contributed by atoms with van der Waals surface area (Å²) < 4.78 is 27.3. The van der Waals surface area contributed by atoms with Gasteiger partial charge in [0.25, 0.3) is 0 Å². The predicted molar refractivity (Wildman–Crippen MR) is 49.6 cm³/mol. The van der Waals surface area contributed by atoms with Gasteiger partial charge in [-0.3, -0.25) is 0 Å². The number of carbonyl (C=O) groups is 1. The Kier molecular flexibility index (Phi) is 4.90. The van der Waals surface area contributed by atoms with E-state index in [9.17, 15) is 13.6 Å². The van der Waals surface area contributed by atoms with Crippen molar-refractivity contribution in [1.29, 1.82) is 0 Å². The number of carbonyl (C=O) groups excluding carboxylic acids is 1. The quantitative estimate of drug-likeness (QED) is 0.589. The number of rotatable bonds is 4.